The summed E-state index contributed by atoms with van der Waals surface area (Å²) in [7, 11) is 1.66. The van der Waals surface area contributed by atoms with Crippen LogP contribution in [0.15, 0.2) is 24.3 Å². The number of aromatic nitrogens is 2. The first-order chi connectivity index (χ1) is 8.48. The molecule has 0 amide bonds. The third-order valence-electron chi connectivity index (χ3n) is 2.24. The van der Waals surface area contributed by atoms with E-state index in [4.69, 9.17) is 4.74 Å². The molecule has 0 saturated carbocycles. The Balaban J connectivity index is 2.18. The Bertz CT molecular complexity index is 514. The minimum absolute atomic E-state index is 0.00326. The molecular weight excluding hydrogens is 246 g/mol. The quantitative estimate of drug-likeness (QED) is 0.921. The zero-order valence-electron chi connectivity index (χ0n) is 11.0. The summed E-state index contributed by atoms with van der Waals surface area (Å²) < 4.78 is 5.13. The summed E-state index contributed by atoms with van der Waals surface area (Å²) in [6.45, 7) is 6.30. The van der Waals surface area contributed by atoms with E-state index in [-0.39, 0.29) is 5.54 Å². The summed E-state index contributed by atoms with van der Waals surface area (Å²) in [5.74, 6) is 0.844. The van der Waals surface area contributed by atoms with Gasteiger partial charge in [-0.1, -0.05) is 11.3 Å². The summed E-state index contributed by atoms with van der Waals surface area (Å²) in [4.78, 5) is 0. The first-order valence-corrected chi connectivity index (χ1v) is 6.56. The topological polar surface area (TPSA) is 47.0 Å². The highest BCUT2D eigenvalue weighted by Gasteiger charge is 2.13. The predicted molar refractivity (Wildman–Crippen MR) is 75.3 cm³/mol. The SMILES string of the molecule is COc1ccc(-c2nnc(NC(C)(C)C)s2)cc1. The van der Waals surface area contributed by atoms with Gasteiger partial charge in [-0.2, -0.15) is 0 Å². The Hall–Kier alpha value is -1.62. The van der Waals surface area contributed by atoms with Crippen LogP contribution in [0.2, 0.25) is 0 Å². The Morgan fingerprint density at radius 3 is 2.33 bits per heavy atom. The lowest BCUT2D eigenvalue weighted by atomic mass is 10.1. The highest BCUT2D eigenvalue weighted by molar-refractivity contribution is 7.18. The molecule has 0 spiro atoms. The van der Waals surface area contributed by atoms with Gasteiger partial charge in [0.25, 0.3) is 0 Å². The number of benzene rings is 1. The van der Waals surface area contributed by atoms with Crippen LogP contribution in [0.4, 0.5) is 5.13 Å². The number of nitrogens with zero attached hydrogens (tertiary/aromatic N) is 2. The molecule has 96 valence electrons. The van der Waals surface area contributed by atoms with Crippen LogP contribution in [0.1, 0.15) is 20.8 Å². The van der Waals surface area contributed by atoms with Crippen molar-refractivity contribution >= 4 is 16.5 Å². The zero-order valence-corrected chi connectivity index (χ0v) is 11.8. The number of rotatable bonds is 3. The zero-order chi connectivity index (χ0) is 13.2. The standard InChI is InChI=1S/C13H17N3OS/c1-13(2,3)14-12-16-15-11(18-12)9-5-7-10(17-4)8-6-9/h5-8H,1-4H3,(H,14,16). The second-order valence-corrected chi connectivity index (χ2v) is 5.99. The van der Waals surface area contributed by atoms with Crippen LogP contribution in [0, 0.1) is 0 Å². The Labute approximate surface area is 111 Å². The van der Waals surface area contributed by atoms with Crippen LogP contribution in [0.3, 0.4) is 0 Å². The van der Waals surface area contributed by atoms with Crippen LogP contribution >= 0.6 is 11.3 Å². The van der Waals surface area contributed by atoms with Gasteiger partial charge in [0.2, 0.25) is 5.13 Å². The fourth-order valence-corrected chi connectivity index (χ4v) is 2.40. The summed E-state index contributed by atoms with van der Waals surface area (Å²) in [6.07, 6.45) is 0. The molecular formula is C13H17N3OS. The van der Waals surface area contributed by atoms with Gasteiger partial charge < -0.3 is 10.1 Å². The average molecular weight is 263 g/mol. The summed E-state index contributed by atoms with van der Waals surface area (Å²) in [5.41, 5.74) is 1.05. The lowest BCUT2D eigenvalue weighted by Crippen LogP contribution is -2.25. The molecule has 0 bridgehead atoms. The number of methoxy groups -OCH3 is 1. The van der Waals surface area contributed by atoms with Crippen LogP contribution in [0.25, 0.3) is 10.6 Å². The molecule has 0 atom stereocenters. The van der Waals surface area contributed by atoms with Crippen LogP contribution in [-0.4, -0.2) is 22.8 Å². The molecule has 0 saturated heterocycles. The summed E-state index contributed by atoms with van der Waals surface area (Å²) >= 11 is 1.55. The third-order valence-corrected chi connectivity index (χ3v) is 3.13. The maximum atomic E-state index is 5.13. The molecule has 0 aliphatic heterocycles. The third kappa shape index (κ3) is 3.20. The second kappa shape index (κ2) is 4.94. The molecule has 2 rings (SSSR count). The molecule has 1 aromatic carbocycles. The smallest absolute Gasteiger partial charge is 0.206 e. The van der Waals surface area contributed by atoms with Crippen LogP contribution < -0.4 is 10.1 Å². The molecule has 0 fully saturated rings. The van der Waals surface area contributed by atoms with Gasteiger partial charge in [-0.05, 0) is 45.0 Å². The average Bonchev–Trinajstić information content (AvgIpc) is 2.75. The molecule has 1 heterocycles. The van der Waals surface area contributed by atoms with Crippen molar-refractivity contribution in [3.63, 3.8) is 0 Å². The number of hydrogen-bond acceptors (Lipinski definition) is 5. The van der Waals surface area contributed by atoms with E-state index in [9.17, 15) is 0 Å². The molecule has 4 nitrogen and oxygen atoms in total. The second-order valence-electron chi connectivity index (χ2n) is 5.02. The van der Waals surface area contributed by atoms with E-state index in [1.165, 1.54) is 0 Å². The van der Waals surface area contributed by atoms with E-state index < -0.39 is 0 Å². The molecule has 0 aliphatic carbocycles. The van der Waals surface area contributed by atoms with Crippen molar-refractivity contribution in [1.82, 2.24) is 10.2 Å². The van der Waals surface area contributed by atoms with Gasteiger partial charge in [-0.15, -0.1) is 10.2 Å². The van der Waals surface area contributed by atoms with Gasteiger partial charge in [0.05, 0.1) is 7.11 Å². The van der Waals surface area contributed by atoms with E-state index in [1.807, 2.05) is 24.3 Å². The van der Waals surface area contributed by atoms with E-state index in [0.29, 0.717) is 0 Å². The number of nitrogens with one attached hydrogen (secondary N) is 1. The van der Waals surface area contributed by atoms with Crippen LogP contribution in [-0.2, 0) is 0 Å². The van der Waals surface area contributed by atoms with Crippen molar-refractivity contribution in [2.75, 3.05) is 12.4 Å². The fourth-order valence-electron chi connectivity index (χ4n) is 1.44. The van der Waals surface area contributed by atoms with Crippen molar-refractivity contribution in [3.8, 4) is 16.3 Å². The minimum Gasteiger partial charge on any atom is -0.497 e. The maximum Gasteiger partial charge on any atom is 0.206 e. The molecule has 18 heavy (non-hydrogen) atoms. The molecule has 0 radical (unpaired) electrons. The minimum atomic E-state index is -0.00326. The maximum absolute atomic E-state index is 5.13. The van der Waals surface area contributed by atoms with Gasteiger partial charge in [0, 0.05) is 11.1 Å². The molecule has 1 aromatic heterocycles. The van der Waals surface area contributed by atoms with Gasteiger partial charge in [-0.3, -0.25) is 0 Å². The molecule has 2 aromatic rings. The van der Waals surface area contributed by atoms with E-state index in [1.54, 1.807) is 18.4 Å². The highest BCUT2D eigenvalue weighted by Crippen LogP contribution is 2.28. The first kappa shape index (κ1) is 12.8. The normalized spacial score (nSPS) is 11.3. The van der Waals surface area contributed by atoms with Crippen molar-refractivity contribution in [1.29, 1.82) is 0 Å². The predicted octanol–water partition coefficient (Wildman–Crippen LogP) is 3.42. The van der Waals surface area contributed by atoms with E-state index in [0.717, 1.165) is 21.5 Å². The number of anilines is 1. The van der Waals surface area contributed by atoms with Crippen molar-refractivity contribution in [3.05, 3.63) is 24.3 Å². The monoisotopic (exact) mass is 263 g/mol. The number of ether oxygens (including phenoxy) is 1. The Kier molecular flexibility index (Phi) is 3.52. The van der Waals surface area contributed by atoms with Gasteiger partial charge in [0.15, 0.2) is 0 Å². The Morgan fingerprint density at radius 1 is 1.11 bits per heavy atom. The summed E-state index contributed by atoms with van der Waals surface area (Å²) in [6, 6.07) is 7.82. The van der Waals surface area contributed by atoms with Crippen molar-refractivity contribution < 1.29 is 4.74 Å². The lowest BCUT2D eigenvalue weighted by molar-refractivity contribution is 0.415. The fraction of sp³-hybridized carbons (Fsp3) is 0.385. The van der Waals surface area contributed by atoms with E-state index in [2.05, 4.69) is 36.3 Å². The Morgan fingerprint density at radius 2 is 1.78 bits per heavy atom. The highest BCUT2D eigenvalue weighted by atomic mass is 32.1. The number of hydrogen-bond donors (Lipinski definition) is 1. The van der Waals surface area contributed by atoms with E-state index >= 15 is 0 Å². The van der Waals surface area contributed by atoms with Gasteiger partial charge in [0.1, 0.15) is 10.8 Å². The molecule has 1 N–H and O–H groups in total. The van der Waals surface area contributed by atoms with Crippen LogP contribution in [0.5, 0.6) is 5.75 Å². The molecule has 0 unspecified atom stereocenters. The van der Waals surface area contributed by atoms with Crippen molar-refractivity contribution in [2.45, 2.75) is 26.3 Å². The lowest BCUT2D eigenvalue weighted by Gasteiger charge is -2.18. The molecule has 0 aliphatic rings. The molecule has 5 heteroatoms. The summed E-state index contributed by atoms with van der Waals surface area (Å²) in [5, 5.41) is 13.4. The largest absolute Gasteiger partial charge is 0.497 e. The van der Waals surface area contributed by atoms with Crippen molar-refractivity contribution in [2.24, 2.45) is 0 Å². The van der Waals surface area contributed by atoms with Gasteiger partial charge >= 0.3 is 0 Å². The van der Waals surface area contributed by atoms with Gasteiger partial charge in [-0.25, -0.2) is 0 Å². The first-order valence-electron chi connectivity index (χ1n) is 5.74.